The van der Waals surface area contributed by atoms with Gasteiger partial charge in [-0.25, -0.2) is 0 Å². The predicted octanol–water partition coefficient (Wildman–Crippen LogP) is 2.31. The van der Waals surface area contributed by atoms with E-state index in [9.17, 15) is 40.0 Å². The van der Waals surface area contributed by atoms with Crippen LogP contribution in [-0.4, -0.2) is 38.3 Å². The van der Waals surface area contributed by atoms with Gasteiger partial charge < -0.3 is 15.5 Å². The highest BCUT2D eigenvalue weighted by molar-refractivity contribution is 5.97. The average molecular weight is 389 g/mol. The van der Waals surface area contributed by atoms with Gasteiger partial charge in [0.2, 0.25) is 0 Å². The highest BCUT2D eigenvalue weighted by Gasteiger charge is 2.18. The lowest BCUT2D eigenvalue weighted by Gasteiger charge is -2.06. The van der Waals surface area contributed by atoms with Crippen LogP contribution in [0.2, 0.25) is 0 Å². The Bertz CT molecular complexity index is 880. The van der Waals surface area contributed by atoms with Gasteiger partial charge in [0.1, 0.15) is 0 Å². The quantitative estimate of drug-likeness (QED) is 0.267. The fraction of sp³-hybridized carbons (Fsp3) is 0.176. The number of hydrogen-bond acceptors (Lipinski definition) is 8. The van der Waals surface area contributed by atoms with E-state index in [0.717, 1.165) is 24.3 Å². The second-order valence-electron chi connectivity index (χ2n) is 5.70. The number of hydrogen-bond donors (Lipinski definition) is 3. The first kappa shape index (κ1) is 20.3. The largest absolute Gasteiger partial charge is 0.502 e. The van der Waals surface area contributed by atoms with Gasteiger partial charge in [-0.05, 0) is 30.7 Å². The summed E-state index contributed by atoms with van der Waals surface area (Å²) in [5.74, 6) is -2.12. The molecule has 0 saturated carbocycles. The van der Waals surface area contributed by atoms with Crippen LogP contribution < -0.4 is 5.32 Å². The molecular formula is C17H15N3O8. The third kappa shape index (κ3) is 4.78. The van der Waals surface area contributed by atoms with Crippen molar-refractivity contribution in [2.45, 2.75) is 12.8 Å². The summed E-state index contributed by atoms with van der Waals surface area (Å²) in [6.07, 6.45) is 0.206. The molecule has 0 fully saturated rings. The van der Waals surface area contributed by atoms with E-state index in [2.05, 4.69) is 5.32 Å². The number of phenols is 2. The molecule has 0 heterocycles. The number of carbonyl (C=O) groups is 2. The molecule has 11 nitrogen and oxygen atoms in total. The van der Waals surface area contributed by atoms with Crippen LogP contribution in [0.4, 0.5) is 11.4 Å². The van der Waals surface area contributed by atoms with Crippen molar-refractivity contribution < 1.29 is 29.6 Å². The normalized spacial score (nSPS) is 10.3. The minimum absolute atomic E-state index is 0.0159. The topological polar surface area (TPSA) is 173 Å². The Morgan fingerprint density at radius 1 is 0.893 bits per heavy atom. The molecule has 0 saturated heterocycles. The van der Waals surface area contributed by atoms with E-state index >= 15 is 0 Å². The second-order valence-corrected chi connectivity index (χ2v) is 5.70. The molecule has 0 atom stereocenters. The highest BCUT2D eigenvalue weighted by Crippen LogP contribution is 2.27. The Kier molecular flexibility index (Phi) is 6.22. The van der Waals surface area contributed by atoms with Gasteiger partial charge >= 0.3 is 11.4 Å². The summed E-state index contributed by atoms with van der Waals surface area (Å²) in [5, 5.41) is 42.8. The van der Waals surface area contributed by atoms with Gasteiger partial charge in [-0.1, -0.05) is 0 Å². The average Bonchev–Trinajstić information content (AvgIpc) is 2.65. The van der Waals surface area contributed by atoms with E-state index in [1.807, 2.05) is 0 Å². The van der Waals surface area contributed by atoms with Crippen molar-refractivity contribution in [2.24, 2.45) is 0 Å². The van der Waals surface area contributed by atoms with Crippen molar-refractivity contribution in [3.05, 3.63) is 67.8 Å². The molecule has 0 aliphatic carbocycles. The number of Topliss-reactive ketones (excluding diaryl/α,β-unsaturated/α-hetero) is 1. The summed E-state index contributed by atoms with van der Waals surface area (Å²) in [4.78, 5) is 44.0. The molecule has 2 aromatic rings. The van der Waals surface area contributed by atoms with Crippen LogP contribution in [0.1, 0.15) is 33.6 Å². The van der Waals surface area contributed by atoms with Gasteiger partial charge in [-0.3, -0.25) is 29.8 Å². The van der Waals surface area contributed by atoms with E-state index in [1.165, 1.54) is 12.1 Å². The summed E-state index contributed by atoms with van der Waals surface area (Å²) in [6.45, 7) is 0.0828. The molecule has 1 amide bonds. The first-order valence-corrected chi connectivity index (χ1v) is 7.97. The van der Waals surface area contributed by atoms with Gasteiger partial charge in [0, 0.05) is 36.2 Å². The molecule has 0 bridgehead atoms. The molecule has 2 rings (SSSR count). The molecule has 28 heavy (non-hydrogen) atoms. The fourth-order valence-electron chi connectivity index (χ4n) is 2.35. The zero-order chi connectivity index (χ0) is 20.8. The zero-order valence-electron chi connectivity index (χ0n) is 14.3. The number of ketones is 1. The van der Waals surface area contributed by atoms with Crippen LogP contribution in [0, 0.1) is 20.2 Å². The Hall–Kier alpha value is -4.02. The van der Waals surface area contributed by atoms with E-state index in [1.54, 1.807) is 0 Å². The van der Waals surface area contributed by atoms with Crippen LogP contribution in [0.5, 0.6) is 11.5 Å². The molecule has 3 N–H and O–H groups in total. The van der Waals surface area contributed by atoms with Crippen molar-refractivity contribution in [1.29, 1.82) is 0 Å². The number of nitro groups is 2. The molecule has 2 aromatic carbocycles. The van der Waals surface area contributed by atoms with Crippen molar-refractivity contribution in [3.8, 4) is 11.5 Å². The van der Waals surface area contributed by atoms with Crippen LogP contribution in [0.25, 0.3) is 0 Å². The number of benzene rings is 2. The maximum absolute atomic E-state index is 12.1. The van der Waals surface area contributed by atoms with Crippen molar-refractivity contribution in [1.82, 2.24) is 5.32 Å². The Labute approximate surface area is 157 Å². The first-order valence-electron chi connectivity index (χ1n) is 7.97. The third-order valence-corrected chi connectivity index (χ3v) is 3.79. The van der Waals surface area contributed by atoms with Gasteiger partial charge in [-0.15, -0.1) is 0 Å². The maximum atomic E-state index is 12.1. The smallest absolute Gasteiger partial charge is 0.311 e. The van der Waals surface area contributed by atoms with Gasteiger partial charge in [0.25, 0.3) is 5.91 Å². The number of nitrogens with one attached hydrogen (secondary N) is 1. The molecule has 0 aromatic heterocycles. The monoisotopic (exact) mass is 389 g/mol. The molecule has 0 radical (unpaired) electrons. The molecule has 11 heteroatoms. The van der Waals surface area contributed by atoms with Gasteiger partial charge in [0.15, 0.2) is 17.3 Å². The van der Waals surface area contributed by atoms with Crippen LogP contribution >= 0.6 is 0 Å². The lowest BCUT2D eigenvalue weighted by atomic mass is 10.1. The fourth-order valence-corrected chi connectivity index (χ4v) is 2.35. The molecule has 0 aliphatic rings. The number of nitro benzene ring substituents is 2. The van der Waals surface area contributed by atoms with Gasteiger partial charge in [0.05, 0.1) is 9.85 Å². The van der Waals surface area contributed by atoms with E-state index in [-0.39, 0.29) is 30.5 Å². The van der Waals surface area contributed by atoms with E-state index in [0.29, 0.717) is 0 Å². The summed E-state index contributed by atoms with van der Waals surface area (Å²) in [7, 11) is 0. The first-order chi connectivity index (χ1) is 13.2. The van der Waals surface area contributed by atoms with Crippen molar-refractivity contribution in [2.75, 3.05) is 6.54 Å². The third-order valence-electron chi connectivity index (χ3n) is 3.79. The van der Waals surface area contributed by atoms with Crippen LogP contribution in [0.15, 0.2) is 36.4 Å². The minimum atomic E-state index is -0.818. The molecule has 0 unspecified atom stereocenters. The summed E-state index contributed by atoms with van der Waals surface area (Å²) in [5.41, 5.74) is -1.14. The minimum Gasteiger partial charge on any atom is -0.502 e. The standard InChI is InChI=1S/C17H15N3O8/c21-14(10-3-5-15(22)12(8-10)19(25)26)2-1-7-18-17(24)11-4-6-16(23)13(9-11)20(27)28/h3-6,8-9,22-23H,1-2,7H2,(H,18,24). The Morgan fingerprint density at radius 2 is 1.39 bits per heavy atom. The van der Waals surface area contributed by atoms with Crippen molar-refractivity contribution >= 4 is 23.1 Å². The van der Waals surface area contributed by atoms with E-state index in [4.69, 9.17) is 0 Å². The number of carbonyl (C=O) groups excluding carboxylic acids is 2. The predicted molar refractivity (Wildman–Crippen MR) is 95.4 cm³/mol. The lowest BCUT2D eigenvalue weighted by molar-refractivity contribution is -0.386. The molecule has 146 valence electrons. The number of phenolic OH excluding ortho intramolecular Hbond substituents is 2. The van der Waals surface area contributed by atoms with Gasteiger partial charge in [-0.2, -0.15) is 0 Å². The summed E-state index contributed by atoms with van der Waals surface area (Å²) in [6, 6.07) is 6.49. The SMILES string of the molecule is O=C(CCCNC(=O)c1ccc(O)c([N+](=O)[O-])c1)c1ccc(O)c([N+](=O)[O-])c1. The zero-order valence-corrected chi connectivity index (χ0v) is 14.3. The molecular weight excluding hydrogens is 374 g/mol. The van der Waals surface area contributed by atoms with E-state index < -0.39 is 44.4 Å². The number of nitrogens with zero attached hydrogens (tertiary/aromatic N) is 2. The maximum Gasteiger partial charge on any atom is 0.311 e. The number of rotatable bonds is 8. The highest BCUT2D eigenvalue weighted by atomic mass is 16.6. The molecule has 0 spiro atoms. The van der Waals surface area contributed by atoms with Crippen LogP contribution in [0.3, 0.4) is 0 Å². The number of amides is 1. The lowest BCUT2D eigenvalue weighted by Crippen LogP contribution is -2.25. The van der Waals surface area contributed by atoms with Crippen LogP contribution in [-0.2, 0) is 0 Å². The Balaban J connectivity index is 1.90. The molecule has 0 aliphatic heterocycles. The Morgan fingerprint density at radius 3 is 1.93 bits per heavy atom. The summed E-state index contributed by atoms with van der Waals surface area (Å²) >= 11 is 0. The number of aromatic hydroxyl groups is 2. The summed E-state index contributed by atoms with van der Waals surface area (Å²) < 4.78 is 0. The second kappa shape index (κ2) is 8.58. The van der Waals surface area contributed by atoms with Crippen molar-refractivity contribution in [3.63, 3.8) is 0 Å².